The van der Waals surface area contributed by atoms with Crippen LogP contribution in [0.1, 0.15) is 42.9 Å². The van der Waals surface area contributed by atoms with Crippen LogP contribution in [0.3, 0.4) is 0 Å². The zero-order valence-electron chi connectivity index (χ0n) is 10.4. The Morgan fingerprint density at radius 1 is 1.18 bits per heavy atom. The van der Waals surface area contributed by atoms with Gasteiger partial charge in [0.25, 0.3) is 0 Å². The lowest BCUT2D eigenvalue weighted by Crippen LogP contribution is -2.26. The molecule has 2 aromatic heterocycles. The standard InChI is InChI=1S/C15H20N2/c1-11-10-14-4-2-3-9-17(14)15(11)12-5-7-13(16)8-6-12/h2-4,9-10,12-13H,5-8,16H2,1H3. The molecule has 3 rings (SSSR count). The van der Waals surface area contributed by atoms with Crippen LogP contribution in [-0.4, -0.2) is 10.4 Å². The molecule has 0 atom stereocenters. The van der Waals surface area contributed by atoms with E-state index in [2.05, 4.69) is 41.8 Å². The predicted molar refractivity (Wildman–Crippen MR) is 71.3 cm³/mol. The number of nitrogens with two attached hydrogens (primary N) is 1. The minimum absolute atomic E-state index is 0.429. The van der Waals surface area contributed by atoms with E-state index in [1.54, 1.807) is 0 Å². The molecule has 2 N–H and O–H groups in total. The maximum Gasteiger partial charge on any atom is 0.0455 e. The maximum atomic E-state index is 5.99. The Bertz CT molecular complexity index is 519. The zero-order chi connectivity index (χ0) is 11.8. The van der Waals surface area contributed by atoms with E-state index in [1.807, 2.05) is 0 Å². The van der Waals surface area contributed by atoms with Gasteiger partial charge >= 0.3 is 0 Å². The highest BCUT2D eigenvalue weighted by molar-refractivity contribution is 5.53. The van der Waals surface area contributed by atoms with Crippen LogP contribution in [0.25, 0.3) is 5.52 Å². The Kier molecular flexibility index (Phi) is 2.67. The number of pyridine rings is 1. The van der Waals surface area contributed by atoms with Crippen molar-refractivity contribution in [2.75, 3.05) is 0 Å². The molecule has 0 aliphatic heterocycles. The lowest BCUT2D eigenvalue weighted by atomic mass is 9.83. The van der Waals surface area contributed by atoms with Crippen molar-refractivity contribution in [2.45, 2.75) is 44.6 Å². The number of nitrogens with zero attached hydrogens (tertiary/aromatic N) is 1. The Hall–Kier alpha value is -1.28. The van der Waals surface area contributed by atoms with Crippen LogP contribution >= 0.6 is 0 Å². The fourth-order valence-corrected chi connectivity index (χ4v) is 3.19. The number of hydrogen-bond donors (Lipinski definition) is 1. The van der Waals surface area contributed by atoms with Gasteiger partial charge in [-0.15, -0.1) is 0 Å². The molecular weight excluding hydrogens is 208 g/mol. The maximum absolute atomic E-state index is 5.99. The van der Waals surface area contributed by atoms with Gasteiger partial charge in [-0.2, -0.15) is 0 Å². The molecule has 1 saturated carbocycles. The normalized spacial score (nSPS) is 25.3. The summed E-state index contributed by atoms with van der Waals surface area (Å²) in [7, 11) is 0. The highest BCUT2D eigenvalue weighted by Gasteiger charge is 2.23. The Morgan fingerprint density at radius 2 is 1.94 bits per heavy atom. The molecule has 90 valence electrons. The topological polar surface area (TPSA) is 30.4 Å². The van der Waals surface area contributed by atoms with Gasteiger partial charge in [-0.3, -0.25) is 0 Å². The average Bonchev–Trinajstić information content (AvgIpc) is 2.66. The Labute approximate surface area is 102 Å². The van der Waals surface area contributed by atoms with Crippen LogP contribution in [0.4, 0.5) is 0 Å². The summed E-state index contributed by atoms with van der Waals surface area (Å²) in [5, 5.41) is 0. The lowest BCUT2D eigenvalue weighted by Gasteiger charge is -2.26. The first-order valence-electron chi connectivity index (χ1n) is 6.58. The molecule has 0 spiro atoms. The number of aromatic nitrogens is 1. The highest BCUT2D eigenvalue weighted by atomic mass is 14.9. The molecule has 0 saturated heterocycles. The Morgan fingerprint density at radius 3 is 2.71 bits per heavy atom. The summed E-state index contributed by atoms with van der Waals surface area (Å²) < 4.78 is 2.36. The second-order valence-electron chi connectivity index (χ2n) is 5.32. The largest absolute Gasteiger partial charge is 0.328 e. The summed E-state index contributed by atoms with van der Waals surface area (Å²) in [5.74, 6) is 0.694. The van der Waals surface area contributed by atoms with Gasteiger partial charge < -0.3 is 10.1 Å². The van der Waals surface area contributed by atoms with Crippen molar-refractivity contribution in [3.05, 3.63) is 41.7 Å². The van der Waals surface area contributed by atoms with E-state index >= 15 is 0 Å². The van der Waals surface area contributed by atoms with Crippen molar-refractivity contribution >= 4 is 5.52 Å². The summed E-state index contributed by atoms with van der Waals surface area (Å²) >= 11 is 0. The second-order valence-corrected chi connectivity index (χ2v) is 5.32. The minimum Gasteiger partial charge on any atom is -0.328 e. The fraction of sp³-hybridized carbons (Fsp3) is 0.467. The molecule has 0 bridgehead atoms. The molecule has 2 heteroatoms. The molecule has 2 heterocycles. The van der Waals surface area contributed by atoms with Crippen LogP contribution in [0.5, 0.6) is 0 Å². The van der Waals surface area contributed by atoms with Crippen molar-refractivity contribution < 1.29 is 0 Å². The van der Waals surface area contributed by atoms with E-state index in [-0.39, 0.29) is 0 Å². The SMILES string of the molecule is Cc1cc2ccccn2c1C1CCC(N)CC1. The van der Waals surface area contributed by atoms with Crippen LogP contribution in [-0.2, 0) is 0 Å². The monoisotopic (exact) mass is 228 g/mol. The van der Waals surface area contributed by atoms with Gasteiger partial charge in [0.15, 0.2) is 0 Å². The Balaban J connectivity index is 2.02. The summed E-state index contributed by atoms with van der Waals surface area (Å²) in [5.41, 5.74) is 10.2. The number of hydrogen-bond acceptors (Lipinski definition) is 1. The molecule has 17 heavy (non-hydrogen) atoms. The van der Waals surface area contributed by atoms with E-state index in [1.165, 1.54) is 42.5 Å². The highest BCUT2D eigenvalue weighted by Crippen LogP contribution is 2.35. The molecule has 0 aromatic carbocycles. The van der Waals surface area contributed by atoms with Gasteiger partial charge in [0.2, 0.25) is 0 Å². The molecule has 0 unspecified atom stereocenters. The van der Waals surface area contributed by atoms with Crippen molar-refractivity contribution in [3.8, 4) is 0 Å². The first kappa shape index (κ1) is 10.8. The van der Waals surface area contributed by atoms with Crippen LogP contribution in [0.2, 0.25) is 0 Å². The quantitative estimate of drug-likeness (QED) is 0.798. The fourth-order valence-electron chi connectivity index (χ4n) is 3.19. The van der Waals surface area contributed by atoms with Gasteiger partial charge in [-0.05, 0) is 62.3 Å². The van der Waals surface area contributed by atoms with Crippen molar-refractivity contribution in [1.29, 1.82) is 0 Å². The summed E-state index contributed by atoms with van der Waals surface area (Å²) in [4.78, 5) is 0. The number of fused-ring (bicyclic) bond motifs is 1. The third kappa shape index (κ3) is 1.87. The number of aryl methyl sites for hydroxylation is 1. The van der Waals surface area contributed by atoms with Gasteiger partial charge in [0.05, 0.1) is 0 Å². The van der Waals surface area contributed by atoms with E-state index in [0.29, 0.717) is 12.0 Å². The molecule has 1 aliphatic rings. The van der Waals surface area contributed by atoms with E-state index in [4.69, 9.17) is 5.73 Å². The second kappa shape index (κ2) is 4.19. The van der Waals surface area contributed by atoms with Crippen LogP contribution in [0, 0.1) is 6.92 Å². The van der Waals surface area contributed by atoms with Crippen molar-refractivity contribution in [3.63, 3.8) is 0 Å². The van der Waals surface area contributed by atoms with Gasteiger partial charge in [0.1, 0.15) is 0 Å². The molecule has 2 aromatic rings. The van der Waals surface area contributed by atoms with Crippen LogP contribution < -0.4 is 5.73 Å². The number of rotatable bonds is 1. The van der Waals surface area contributed by atoms with E-state index in [9.17, 15) is 0 Å². The van der Waals surface area contributed by atoms with Gasteiger partial charge in [-0.1, -0.05) is 6.07 Å². The third-order valence-corrected chi connectivity index (χ3v) is 4.08. The molecule has 0 amide bonds. The smallest absolute Gasteiger partial charge is 0.0455 e. The van der Waals surface area contributed by atoms with Crippen molar-refractivity contribution in [1.82, 2.24) is 4.40 Å². The summed E-state index contributed by atoms with van der Waals surface area (Å²) in [6.45, 7) is 2.23. The van der Waals surface area contributed by atoms with Crippen LogP contribution in [0.15, 0.2) is 30.5 Å². The summed E-state index contributed by atoms with van der Waals surface area (Å²) in [6, 6.07) is 9.13. The molecule has 1 fully saturated rings. The predicted octanol–water partition coefficient (Wildman–Crippen LogP) is 3.23. The van der Waals surface area contributed by atoms with Gasteiger partial charge in [-0.25, -0.2) is 0 Å². The lowest BCUT2D eigenvalue weighted by molar-refractivity contribution is 0.388. The van der Waals surface area contributed by atoms with E-state index < -0.39 is 0 Å². The molecule has 0 radical (unpaired) electrons. The molecular formula is C15H20N2. The summed E-state index contributed by atoms with van der Waals surface area (Å²) in [6.07, 6.45) is 7.01. The first-order valence-corrected chi connectivity index (χ1v) is 6.58. The average molecular weight is 228 g/mol. The minimum atomic E-state index is 0.429. The molecule has 1 aliphatic carbocycles. The van der Waals surface area contributed by atoms with Gasteiger partial charge in [0, 0.05) is 23.4 Å². The third-order valence-electron chi connectivity index (χ3n) is 4.08. The molecule has 2 nitrogen and oxygen atoms in total. The van der Waals surface area contributed by atoms with Crippen molar-refractivity contribution in [2.24, 2.45) is 5.73 Å². The zero-order valence-corrected chi connectivity index (χ0v) is 10.4. The van der Waals surface area contributed by atoms with E-state index in [0.717, 1.165) is 0 Å². The first-order chi connectivity index (χ1) is 8.25.